The molecule has 1 fully saturated rings. The molecule has 0 spiro atoms. The Morgan fingerprint density at radius 1 is 1.13 bits per heavy atom. The summed E-state index contributed by atoms with van der Waals surface area (Å²) in [5.74, 6) is -2.01. The summed E-state index contributed by atoms with van der Waals surface area (Å²) >= 11 is 0. The van der Waals surface area contributed by atoms with Gasteiger partial charge in [0.05, 0.1) is 5.56 Å². The molecule has 1 aromatic carbocycles. The molecule has 2 aromatic rings. The molecular formula is C19H20F4N4O3S. The van der Waals surface area contributed by atoms with E-state index in [-0.39, 0.29) is 37.6 Å². The summed E-state index contributed by atoms with van der Waals surface area (Å²) < 4.78 is 79.4. The number of amides is 1. The zero-order valence-electron chi connectivity index (χ0n) is 16.2. The van der Waals surface area contributed by atoms with Crippen molar-refractivity contribution in [3.8, 4) is 0 Å². The first-order chi connectivity index (χ1) is 14.6. The van der Waals surface area contributed by atoms with E-state index in [1.54, 1.807) is 0 Å². The number of hydrogen-bond acceptors (Lipinski definition) is 5. The van der Waals surface area contributed by atoms with Gasteiger partial charge >= 0.3 is 6.18 Å². The number of carbonyl (C=O) groups is 1. The molecule has 0 unspecified atom stereocenters. The third kappa shape index (κ3) is 5.31. The highest BCUT2D eigenvalue weighted by molar-refractivity contribution is 7.89. The topological polar surface area (TPSA) is 91.4 Å². The quantitative estimate of drug-likeness (QED) is 0.490. The number of halogens is 4. The average molecular weight is 460 g/mol. The maximum absolute atomic E-state index is 14.2. The van der Waals surface area contributed by atoms with Crippen molar-refractivity contribution in [3.63, 3.8) is 0 Å². The van der Waals surface area contributed by atoms with Crippen molar-refractivity contribution in [3.05, 3.63) is 53.5 Å². The maximum atomic E-state index is 14.2. The minimum absolute atomic E-state index is 0.0635. The molecule has 0 saturated carbocycles. The lowest BCUT2D eigenvalue weighted by Crippen LogP contribution is -2.31. The van der Waals surface area contributed by atoms with Gasteiger partial charge in [0.1, 0.15) is 16.5 Å². The van der Waals surface area contributed by atoms with Gasteiger partial charge in [0.25, 0.3) is 5.91 Å². The molecule has 1 aliphatic heterocycles. The van der Waals surface area contributed by atoms with E-state index in [0.717, 1.165) is 30.3 Å². The Kier molecular flexibility index (Phi) is 6.80. The van der Waals surface area contributed by atoms with Crippen LogP contribution in [0.3, 0.4) is 0 Å². The lowest BCUT2D eigenvalue weighted by atomic mass is 10.2. The summed E-state index contributed by atoms with van der Waals surface area (Å²) in [5.41, 5.74) is -1.01. The fraction of sp³-hybridized carbons (Fsp3) is 0.368. The van der Waals surface area contributed by atoms with E-state index in [4.69, 9.17) is 0 Å². The van der Waals surface area contributed by atoms with Crippen LogP contribution in [-0.4, -0.2) is 49.8 Å². The van der Waals surface area contributed by atoms with Crippen LogP contribution >= 0.6 is 0 Å². The summed E-state index contributed by atoms with van der Waals surface area (Å²) in [4.78, 5) is 15.4. The molecule has 1 aromatic heterocycles. The summed E-state index contributed by atoms with van der Waals surface area (Å²) in [6, 6.07) is 5.06. The molecule has 1 amide bonds. The van der Waals surface area contributed by atoms with Crippen molar-refractivity contribution < 1.29 is 30.8 Å². The third-order valence-electron chi connectivity index (χ3n) is 4.69. The van der Waals surface area contributed by atoms with Gasteiger partial charge in [-0.2, -0.15) is 17.5 Å². The Balaban J connectivity index is 1.63. The summed E-state index contributed by atoms with van der Waals surface area (Å²) in [6.07, 6.45) is -2.01. The number of alkyl halides is 3. The monoisotopic (exact) mass is 460 g/mol. The first kappa shape index (κ1) is 22.9. The summed E-state index contributed by atoms with van der Waals surface area (Å²) in [5, 5.41) is 4.95. The second-order valence-corrected chi connectivity index (χ2v) is 8.74. The van der Waals surface area contributed by atoms with Crippen molar-refractivity contribution in [1.82, 2.24) is 14.6 Å². The molecule has 2 N–H and O–H groups in total. The predicted octanol–water partition coefficient (Wildman–Crippen LogP) is 2.87. The smallest absolute Gasteiger partial charge is 0.368 e. The molecule has 3 rings (SSSR count). The molecule has 1 aliphatic rings. The van der Waals surface area contributed by atoms with Crippen molar-refractivity contribution in [1.29, 1.82) is 0 Å². The molecule has 2 heterocycles. The molecule has 168 valence electrons. The van der Waals surface area contributed by atoms with Crippen molar-refractivity contribution in [2.45, 2.75) is 23.9 Å². The van der Waals surface area contributed by atoms with Crippen LogP contribution in [0.25, 0.3) is 0 Å². The van der Waals surface area contributed by atoms with Crippen LogP contribution in [0.4, 0.5) is 23.4 Å². The first-order valence-corrected chi connectivity index (χ1v) is 10.9. The van der Waals surface area contributed by atoms with Crippen molar-refractivity contribution in [2.24, 2.45) is 0 Å². The van der Waals surface area contributed by atoms with E-state index in [1.165, 1.54) is 10.5 Å². The molecule has 0 aliphatic carbocycles. The lowest BCUT2D eigenvalue weighted by molar-refractivity contribution is -0.137. The number of aromatic nitrogens is 1. The van der Waals surface area contributed by atoms with E-state index in [2.05, 4.69) is 15.6 Å². The fourth-order valence-corrected chi connectivity index (χ4v) is 4.75. The zero-order valence-corrected chi connectivity index (χ0v) is 17.1. The van der Waals surface area contributed by atoms with E-state index >= 15 is 0 Å². The number of benzene rings is 1. The standard InChI is InChI=1S/C19H20F4N4O3S/c20-15-6-5-13(12-16(15)31(29,30)27-10-1-2-11-27)18(28)26-9-8-25-17-14(19(21,22)23)4-3-7-24-17/h3-7,12H,1-2,8-11H2,(H,24,25)(H,26,28). The van der Waals surface area contributed by atoms with Gasteiger partial charge in [0.15, 0.2) is 0 Å². The van der Waals surface area contributed by atoms with Gasteiger partial charge in [-0.15, -0.1) is 0 Å². The van der Waals surface area contributed by atoms with Gasteiger partial charge in [0.2, 0.25) is 10.0 Å². The second-order valence-electron chi connectivity index (χ2n) is 6.84. The largest absolute Gasteiger partial charge is 0.419 e. The average Bonchev–Trinajstić information content (AvgIpc) is 3.26. The third-order valence-corrected chi connectivity index (χ3v) is 6.61. The van der Waals surface area contributed by atoms with Crippen LogP contribution in [0.15, 0.2) is 41.4 Å². The van der Waals surface area contributed by atoms with Crippen LogP contribution in [0.1, 0.15) is 28.8 Å². The number of nitrogens with zero attached hydrogens (tertiary/aromatic N) is 2. The fourth-order valence-electron chi connectivity index (χ4n) is 3.14. The first-order valence-electron chi connectivity index (χ1n) is 9.44. The Hall–Kier alpha value is -2.73. The molecular weight excluding hydrogens is 440 g/mol. The number of rotatable bonds is 7. The van der Waals surface area contributed by atoms with Crippen LogP contribution in [0, 0.1) is 5.82 Å². The van der Waals surface area contributed by atoms with Gasteiger partial charge < -0.3 is 10.6 Å². The van der Waals surface area contributed by atoms with Crippen LogP contribution in [0.5, 0.6) is 0 Å². The summed E-state index contributed by atoms with van der Waals surface area (Å²) in [7, 11) is -4.05. The Morgan fingerprint density at radius 3 is 2.52 bits per heavy atom. The Bertz CT molecular complexity index is 1050. The van der Waals surface area contributed by atoms with Gasteiger partial charge in [-0.1, -0.05) is 0 Å². The lowest BCUT2D eigenvalue weighted by Gasteiger charge is -2.16. The van der Waals surface area contributed by atoms with Crippen molar-refractivity contribution >= 4 is 21.7 Å². The van der Waals surface area contributed by atoms with E-state index in [0.29, 0.717) is 12.8 Å². The van der Waals surface area contributed by atoms with Crippen molar-refractivity contribution in [2.75, 3.05) is 31.5 Å². The number of nitrogens with one attached hydrogen (secondary N) is 2. The SMILES string of the molecule is O=C(NCCNc1ncccc1C(F)(F)F)c1ccc(F)c(S(=O)(=O)N2CCCC2)c1. The maximum Gasteiger partial charge on any atom is 0.419 e. The number of pyridine rings is 1. The molecule has 12 heteroatoms. The molecule has 0 atom stereocenters. The normalized spacial score (nSPS) is 15.1. The van der Waals surface area contributed by atoms with Gasteiger partial charge in [-0.05, 0) is 43.2 Å². The molecule has 7 nitrogen and oxygen atoms in total. The molecule has 0 radical (unpaired) electrons. The van der Waals surface area contributed by atoms with E-state index < -0.39 is 38.4 Å². The molecule has 31 heavy (non-hydrogen) atoms. The minimum Gasteiger partial charge on any atom is -0.368 e. The second kappa shape index (κ2) is 9.18. The summed E-state index contributed by atoms with van der Waals surface area (Å²) in [6.45, 7) is 0.443. The highest BCUT2D eigenvalue weighted by atomic mass is 32.2. The molecule has 1 saturated heterocycles. The van der Waals surface area contributed by atoms with Crippen LogP contribution < -0.4 is 10.6 Å². The van der Waals surface area contributed by atoms with E-state index in [9.17, 15) is 30.8 Å². The molecule has 0 bridgehead atoms. The van der Waals surface area contributed by atoms with Gasteiger partial charge in [-0.25, -0.2) is 17.8 Å². The zero-order chi connectivity index (χ0) is 22.6. The number of anilines is 1. The number of sulfonamides is 1. The highest BCUT2D eigenvalue weighted by Gasteiger charge is 2.34. The highest BCUT2D eigenvalue weighted by Crippen LogP contribution is 2.33. The number of hydrogen-bond donors (Lipinski definition) is 2. The van der Waals surface area contributed by atoms with Crippen LogP contribution in [-0.2, 0) is 16.2 Å². The van der Waals surface area contributed by atoms with Crippen LogP contribution in [0.2, 0.25) is 0 Å². The predicted molar refractivity (Wildman–Crippen MR) is 104 cm³/mol. The van der Waals surface area contributed by atoms with Gasteiger partial charge in [-0.3, -0.25) is 4.79 Å². The van der Waals surface area contributed by atoms with E-state index in [1.807, 2.05) is 0 Å². The Labute approximate surface area is 176 Å². The minimum atomic E-state index is -4.58. The van der Waals surface area contributed by atoms with Gasteiger partial charge in [0, 0.05) is 37.9 Å². The Morgan fingerprint density at radius 2 is 1.84 bits per heavy atom. The number of carbonyl (C=O) groups excluding carboxylic acids is 1.